The molecule has 0 saturated carbocycles. The van der Waals surface area contributed by atoms with Crippen LogP contribution in [0.3, 0.4) is 0 Å². The van der Waals surface area contributed by atoms with Gasteiger partial charge in [-0.25, -0.2) is 18.2 Å². The molecule has 0 aromatic heterocycles. The summed E-state index contributed by atoms with van der Waals surface area (Å²) in [7, 11) is -1.51. The second kappa shape index (κ2) is 14.2. The van der Waals surface area contributed by atoms with Crippen LogP contribution in [0.4, 0.5) is 10.1 Å². The first kappa shape index (κ1) is 31.6. The molecule has 0 saturated heterocycles. The first-order valence-corrected chi connectivity index (χ1v) is 14.8. The molecule has 0 heterocycles. The van der Waals surface area contributed by atoms with Gasteiger partial charge in [-0.3, -0.25) is 9.10 Å². The molecule has 4 rings (SSSR count). The number of methoxy groups -OCH3 is 2. The standard InChI is InChI=1S/C30H26Cl2FN3O6S/c1-40-28-14-12-25(16-29(28)41-2)43(38,39)36(23-8-6-22(33)7-9-23)18-30(37)35-34-17-20-3-10-24(11-4-20)42-19-21-5-13-26(31)27(32)15-21/h3-17H,18-19H2,1-2H3,(H,35,37)/b34-17-. The minimum Gasteiger partial charge on any atom is -0.493 e. The van der Waals surface area contributed by atoms with Crippen molar-refractivity contribution in [3.8, 4) is 17.2 Å². The summed E-state index contributed by atoms with van der Waals surface area (Å²) in [6, 6.07) is 20.9. The Bertz CT molecular complexity index is 1720. The normalized spacial score (nSPS) is 11.3. The molecular formula is C30H26Cl2FN3O6S. The third-order valence-electron chi connectivity index (χ3n) is 6.02. The van der Waals surface area contributed by atoms with E-state index in [2.05, 4.69) is 10.5 Å². The van der Waals surface area contributed by atoms with E-state index in [1.165, 1.54) is 50.8 Å². The Morgan fingerprint density at radius 2 is 1.60 bits per heavy atom. The number of benzene rings is 4. The smallest absolute Gasteiger partial charge is 0.264 e. The Morgan fingerprint density at radius 1 is 0.907 bits per heavy atom. The average molecular weight is 647 g/mol. The van der Waals surface area contributed by atoms with Crippen LogP contribution in [0.5, 0.6) is 17.2 Å². The lowest BCUT2D eigenvalue weighted by atomic mass is 10.2. The van der Waals surface area contributed by atoms with Crippen molar-refractivity contribution < 1.29 is 31.8 Å². The molecule has 0 atom stereocenters. The molecule has 1 amide bonds. The Hall–Kier alpha value is -4.32. The highest BCUT2D eigenvalue weighted by Gasteiger charge is 2.28. The van der Waals surface area contributed by atoms with E-state index in [1.54, 1.807) is 36.4 Å². The van der Waals surface area contributed by atoms with E-state index >= 15 is 0 Å². The average Bonchev–Trinajstić information content (AvgIpc) is 3.01. The van der Waals surface area contributed by atoms with Crippen LogP contribution in [0.25, 0.3) is 0 Å². The van der Waals surface area contributed by atoms with Crippen LogP contribution >= 0.6 is 23.2 Å². The molecule has 224 valence electrons. The summed E-state index contributed by atoms with van der Waals surface area (Å²) in [5.74, 6) is -0.184. The fourth-order valence-electron chi connectivity index (χ4n) is 3.82. The number of ether oxygens (including phenoxy) is 3. The topological polar surface area (TPSA) is 107 Å². The zero-order valence-corrected chi connectivity index (χ0v) is 25.3. The lowest BCUT2D eigenvalue weighted by Gasteiger charge is -2.24. The second-order valence-corrected chi connectivity index (χ2v) is 11.6. The van der Waals surface area contributed by atoms with Crippen molar-refractivity contribution >= 4 is 51.0 Å². The summed E-state index contributed by atoms with van der Waals surface area (Å²) in [6.45, 7) is -0.349. The van der Waals surface area contributed by atoms with Gasteiger partial charge in [0.1, 0.15) is 24.7 Å². The number of anilines is 1. The molecule has 0 fully saturated rings. The maximum absolute atomic E-state index is 13.6. The maximum atomic E-state index is 13.6. The van der Waals surface area contributed by atoms with Crippen molar-refractivity contribution in [3.05, 3.63) is 112 Å². The van der Waals surface area contributed by atoms with E-state index < -0.39 is 28.3 Å². The number of halogens is 3. The number of hydrogen-bond acceptors (Lipinski definition) is 7. The van der Waals surface area contributed by atoms with Gasteiger partial charge in [0.05, 0.1) is 41.1 Å². The first-order valence-electron chi connectivity index (χ1n) is 12.6. The third-order valence-corrected chi connectivity index (χ3v) is 8.53. The van der Waals surface area contributed by atoms with Crippen molar-refractivity contribution in [3.63, 3.8) is 0 Å². The van der Waals surface area contributed by atoms with Gasteiger partial charge in [0.25, 0.3) is 15.9 Å². The molecule has 43 heavy (non-hydrogen) atoms. The number of sulfonamides is 1. The highest BCUT2D eigenvalue weighted by molar-refractivity contribution is 7.92. The number of carbonyl (C=O) groups is 1. The number of hydrogen-bond donors (Lipinski definition) is 1. The predicted octanol–water partition coefficient (Wildman–Crippen LogP) is 6.07. The van der Waals surface area contributed by atoms with E-state index in [4.69, 9.17) is 37.4 Å². The van der Waals surface area contributed by atoms with Gasteiger partial charge < -0.3 is 14.2 Å². The molecule has 9 nitrogen and oxygen atoms in total. The molecule has 1 N–H and O–H groups in total. The third kappa shape index (κ3) is 8.16. The summed E-state index contributed by atoms with van der Waals surface area (Å²) in [5, 5.41) is 4.84. The van der Waals surface area contributed by atoms with Gasteiger partial charge in [-0.2, -0.15) is 5.10 Å². The summed E-state index contributed by atoms with van der Waals surface area (Å²) < 4.78 is 57.8. The van der Waals surface area contributed by atoms with Crippen LogP contribution in [-0.2, 0) is 21.4 Å². The summed E-state index contributed by atoms with van der Waals surface area (Å²) >= 11 is 12.0. The molecule has 0 bridgehead atoms. The summed E-state index contributed by atoms with van der Waals surface area (Å²) in [4.78, 5) is 12.7. The molecule has 4 aromatic rings. The molecule has 0 aliphatic carbocycles. The number of rotatable bonds is 12. The van der Waals surface area contributed by atoms with Crippen LogP contribution in [0.2, 0.25) is 10.0 Å². The maximum Gasteiger partial charge on any atom is 0.264 e. The Labute approximate surface area is 258 Å². The highest BCUT2D eigenvalue weighted by Crippen LogP contribution is 2.32. The van der Waals surface area contributed by atoms with Crippen molar-refractivity contribution in [2.24, 2.45) is 5.10 Å². The van der Waals surface area contributed by atoms with E-state index in [9.17, 15) is 17.6 Å². The summed E-state index contributed by atoms with van der Waals surface area (Å²) in [5.41, 5.74) is 3.91. The number of nitrogens with one attached hydrogen (secondary N) is 1. The van der Waals surface area contributed by atoms with Gasteiger partial charge in [-0.05, 0) is 83.9 Å². The highest BCUT2D eigenvalue weighted by atomic mass is 35.5. The van der Waals surface area contributed by atoms with E-state index in [0.29, 0.717) is 27.1 Å². The van der Waals surface area contributed by atoms with Gasteiger partial charge >= 0.3 is 0 Å². The summed E-state index contributed by atoms with van der Waals surface area (Å²) in [6.07, 6.45) is 1.39. The number of carbonyl (C=O) groups excluding carboxylic acids is 1. The van der Waals surface area contributed by atoms with Gasteiger partial charge in [-0.15, -0.1) is 0 Å². The lowest BCUT2D eigenvalue weighted by molar-refractivity contribution is -0.119. The first-order chi connectivity index (χ1) is 20.6. The Morgan fingerprint density at radius 3 is 2.26 bits per heavy atom. The largest absolute Gasteiger partial charge is 0.493 e. The zero-order valence-electron chi connectivity index (χ0n) is 23.0. The van der Waals surface area contributed by atoms with E-state index in [0.717, 1.165) is 22.0 Å². The predicted molar refractivity (Wildman–Crippen MR) is 163 cm³/mol. The molecule has 0 radical (unpaired) electrons. The van der Waals surface area contributed by atoms with E-state index in [-0.39, 0.29) is 22.9 Å². The van der Waals surface area contributed by atoms with Crippen molar-refractivity contribution in [1.29, 1.82) is 0 Å². The van der Waals surface area contributed by atoms with Crippen LogP contribution in [-0.4, -0.2) is 41.3 Å². The quantitative estimate of drug-likeness (QED) is 0.148. The SMILES string of the molecule is COc1ccc(S(=O)(=O)N(CC(=O)N/N=C\c2ccc(OCc3ccc(Cl)c(Cl)c3)cc2)c2ccc(F)cc2)cc1OC. The minimum absolute atomic E-state index is 0.0757. The monoisotopic (exact) mass is 645 g/mol. The molecular weight excluding hydrogens is 620 g/mol. The Balaban J connectivity index is 1.43. The van der Waals surface area contributed by atoms with Gasteiger partial charge in [0.2, 0.25) is 0 Å². The zero-order chi connectivity index (χ0) is 31.0. The minimum atomic E-state index is -4.30. The number of nitrogens with zero attached hydrogens (tertiary/aromatic N) is 2. The van der Waals surface area contributed by atoms with Gasteiger partial charge in [0.15, 0.2) is 11.5 Å². The van der Waals surface area contributed by atoms with Crippen LogP contribution < -0.4 is 23.9 Å². The number of amides is 1. The molecule has 0 aliphatic rings. The van der Waals surface area contributed by atoms with Crippen LogP contribution in [0.15, 0.2) is 94.9 Å². The lowest BCUT2D eigenvalue weighted by Crippen LogP contribution is -2.39. The van der Waals surface area contributed by atoms with Crippen molar-refractivity contribution in [2.45, 2.75) is 11.5 Å². The van der Waals surface area contributed by atoms with Crippen LogP contribution in [0, 0.1) is 5.82 Å². The fourth-order valence-corrected chi connectivity index (χ4v) is 5.58. The van der Waals surface area contributed by atoms with Crippen molar-refractivity contribution in [1.82, 2.24) is 5.43 Å². The molecule has 0 unspecified atom stereocenters. The Kier molecular flexibility index (Phi) is 10.5. The van der Waals surface area contributed by atoms with E-state index in [1.807, 2.05) is 6.07 Å². The van der Waals surface area contributed by atoms with Gasteiger partial charge in [-0.1, -0.05) is 29.3 Å². The van der Waals surface area contributed by atoms with Gasteiger partial charge in [0, 0.05) is 6.07 Å². The number of hydrazone groups is 1. The second-order valence-electron chi connectivity index (χ2n) is 8.90. The van der Waals surface area contributed by atoms with Crippen LogP contribution in [0.1, 0.15) is 11.1 Å². The fraction of sp³-hybridized carbons (Fsp3) is 0.133. The van der Waals surface area contributed by atoms with Crippen molar-refractivity contribution in [2.75, 3.05) is 25.1 Å². The molecule has 4 aromatic carbocycles. The molecule has 0 spiro atoms. The molecule has 0 aliphatic heterocycles. The molecule has 13 heteroatoms.